The molecule has 0 radical (unpaired) electrons. The maximum atomic E-state index is 9.28. The van der Waals surface area contributed by atoms with Crippen molar-refractivity contribution in [1.82, 2.24) is 0 Å². The minimum atomic E-state index is 0.274. The summed E-state index contributed by atoms with van der Waals surface area (Å²) in [7, 11) is 0. The van der Waals surface area contributed by atoms with Gasteiger partial charge in [0.05, 0.1) is 0 Å². The van der Waals surface area contributed by atoms with E-state index in [0.29, 0.717) is 0 Å². The number of rotatable bonds is 4. The topological polar surface area (TPSA) is 29.5 Å². The Kier molecular flexibility index (Phi) is 4.21. The van der Waals surface area contributed by atoms with Crippen LogP contribution >= 0.6 is 0 Å². The van der Waals surface area contributed by atoms with Gasteiger partial charge in [0.1, 0.15) is 17.2 Å². The zero-order valence-electron chi connectivity index (χ0n) is 12.0. The summed E-state index contributed by atoms with van der Waals surface area (Å²) in [6.45, 7) is 0. The Morgan fingerprint density at radius 2 is 1.32 bits per heavy atom. The van der Waals surface area contributed by atoms with Gasteiger partial charge in [0.25, 0.3) is 0 Å². The average Bonchev–Trinajstić information content (AvgIpc) is 2.56. The third-order valence-electron chi connectivity index (χ3n) is 3.20. The number of phenolic OH excluding ortho intramolecular Hbond substituents is 1. The highest BCUT2D eigenvalue weighted by Crippen LogP contribution is 2.22. The molecule has 0 aliphatic rings. The van der Waals surface area contributed by atoms with E-state index in [1.165, 1.54) is 0 Å². The van der Waals surface area contributed by atoms with Crippen LogP contribution in [0.15, 0.2) is 78.9 Å². The van der Waals surface area contributed by atoms with Gasteiger partial charge in [-0.2, -0.15) is 0 Å². The van der Waals surface area contributed by atoms with E-state index < -0.39 is 0 Å². The summed E-state index contributed by atoms with van der Waals surface area (Å²) in [5.74, 6) is 1.90. The first-order valence-electron chi connectivity index (χ1n) is 7.10. The van der Waals surface area contributed by atoms with Crippen LogP contribution in [-0.2, 0) is 0 Å². The van der Waals surface area contributed by atoms with Crippen molar-refractivity contribution in [3.05, 3.63) is 90.0 Å². The summed E-state index contributed by atoms with van der Waals surface area (Å²) >= 11 is 0. The van der Waals surface area contributed by atoms with E-state index >= 15 is 0 Å². The first kappa shape index (κ1) is 14.0. The molecule has 0 aromatic heterocycles. The highest BCUT2D eigenvalue weighted by Gasteiger charge is 1.97. The number of hydrogen-bond donors (Lipinski definition) is 1. The molecule has 108 valence electrons. The van der Waals surface area contributed by atoms with Gasteiger partial charge in [-0.1, -0.05) is 54.6 Å². The number of hydrogen-bond acceptors (Lipinski definition) is 2. The van der Waals surface area contributed by atoms with Crippen molar-refractivity contribution in [2.45, 2.75) is 0 Å². The Bertz CT molecular complexity index is 759. The Morgan fingerprint density at radius 1 is 0.636 bits per heavy atom. The van der Waals surface area contributed by atoms with Crippen LogP contribution in [0.4, 0.5) is 0 Å². The molecule has 0 atom stereocenters. The second kappa shape index (κ2) is 6.64. The molecule has 0 saturated heterocycles. The number of para-hydroxylation sites is 1. The van der Waals surface area contributed by atoms with Crippen molar-refractivity contribution in [2.24, 2.45) is 0 Å². The number of phenols is 1. The molecule has 1 N–H and O–H groups in total. The quantitative estimate of drug-likeness (QED) is 0.655. The summed E-state index contributed by atoms with van der Waals surface area (Å²) in [6.07, 6.45) is 4.02. The van der Waals surface area contributed by atoms with Crippen molar-refractivity contribution >= 4 is 12.2 Å². The van der Waals surface area contributed by atoms with Gasteiger partial charge < -0.3 is 9.84 Å². The molecular weight excluding hydrogens is 272 g/mol. The van der Waals surface area contributed by atoms with Crippen molar-refractivity contribution in [2.75, 3.05) is 0 Å². The zero-order valence-corrected chi connectivity index (χ0v) is 12.0. The van der Waals surface area contributed by atoms with E-state index in [2.05, 4.69) is 0 Å². The van der Waals surface area contributed by atoms with Gasteiger partial charge >= 0.3 is 0 Å². The monoisotopic (exact) mass is 288 g/mol. The van der Waals surface area contributed by atoms with Crippen LogP contribution in [0.25, 0.3) is 12.2 Å². The van der Waals surface area contributed by atoms with E-state index in [-0.39, 0.29) is 5.75 Å². The fourth-order valence-electron chi connectivity index (χ4n) is 2.08. The molecule has 0 aliphatic heterocycles. The van der Waals surface area contributed by atoms with Gasteiger partial charge in [-0.3, -0.25) is 0 Å². The third-order valence-corrected chi connectivity index (χ3v) is 3.20. The van der Waals surface area contributed by atoms with E-state index in [9.17, 15) is 5.11 Å². The van der Waals surface area contributed by atoms with Gasteiger partial charge in [-0.05, 0) is 47.5 Å². The van der Waals surface area contributed by atoms with Crippen LogP contribution in [0.2, 0.25) is 0 Å². The Morgan fingerprint density at radius 3 is 2.09 bits per heavy atom. The molecule has 0 saturated carbocycles. The summed E-state index contributed by atoms with van der Waals surface area (Å²) in [4.78, 5) is 0. The highest BCUT2D eigenvalue weighted by molar-refractivity contribution is 5.70. The van der Waals surface area contributed by atoms with Gasteiger partial charge in [0, 0.05) is 0 Å². The van der Waals surface area contributed by atoms with E-state index in [0.717, 1.165) is 22.6 Å². The highest BCUT2D eigenvalue weighted by atomic mass is 16.5. The van der Waals surface area contributed by atoms with Crippen LogP contribution in [-0.4, -0.2) is 5.11 Å². The minimum absolute atomic E-state index is 0.274. The zero-order chi connectivity index (χ0) is 15.2. The van der Waals surface area contributed by atoms with Crippen LogP contribution in [0.3, 0.4) is 0 Å². The summed E-state index contributed by atoms with van der Waals surface area (Å²) in [5, 5.41) is 9.28. The smallest absolute Gasteiger partial charge is 0.128 e. The number of benzene rings is 3. The van der Waals surface area contributed by atoms with Crippen LogP contribution < -0.4 is 4.74 Å². The predicted octanol–water partition coefficient (Wildman–Crippen LogP) is 5.35. The largest absolute Gasteiger partial charge is 0.508 e. The summed E-state index contributed by atoms with van der Waals surface area (Å²) in [6, 6.07) is 24.7. The van der Waals surface area contributed by atoms with Crippen LogP contribution in [0.1, 0.15) is 11.1 Å². The summed E-state index contributed by atoms with van der Waals surface area (Å²) in [5.41, 5.74) is 2.09. The SMILES string of the molecule is Oc1ccc(C=Cc2cccc(Oc3ccccc3)c2)cc1. The van der Waals surface area contributed by atoms with Crippen molar-refractivity contribution in [1.29, 1.82) is 0 Å². The average molecular weight is 288 g/mol. The minimum Gasteiger partial charge on any atom is -0.508 e. The second-order valence-electron chi connectivity index (χ2n) is 4.91. The molecule has 3 aromatic carbocycles. The standard InChI is InChI=1S/C20H16O2/c21-18-13-11-16(12-14-18)9-10-17-5-4-8-20(15-17)22-19-6-2-1-3-7-19/h1-15,21H. The molecule has 22 heavy (non-hydrogen) atoms. The maximum absolute atomic E-state index is 9.28. The number of aromatic hydroxyl groups is 1. The lowest BCUT2D eigenvalue weighted by Crippen LogP contribution is -1.83. The molecule has 0 heterocycles. The molecule has 0 fully saturated rings. The number of ether oxygens (including phenoxy) is 1. The van der Waals surface area contributed by atoms with E-state index in [1.54, 1.807) is 12.1 Å². The lowest BCUT2D eigenvalue weighted by Gasteiger charge is -2.05. The fourth-order valence-corrected chi connectivity index (χ4v) is 2.08. The fraction of sp³-hybridized carbons (Fsp3) is 0. The molecule has 0 spiro atoms. The first-order valence-corrected chi connectivity index (χ1v) is 7.10. The van der Waals surface area contributed by atoms with Crippen molar-refractivity contribution in [3.63, 3.8) is 0 Å². The lowest BCUT2D eigenvalue weighted by atomic mass is 10.1. The molecule has 3 aromatic rings. The van der Waals surface area contributed by atoms with Crippen molar-refractivity contribution < 1.29 is 9.84 Å². The van der Waals surface area contributed by atoms with Gasteiger partial charge in [-0.15, -0.1) is 0 Å². The normalized spacial score (nSPS) is 10.7. The predicted molar refractivity (Wildman–Crippen MR) is 90.0 cm³/mol. The van der Waals surface area contributed by atoms with E-state index in [4.69, 9.17) is 4.74 Å². The Balaban J connectivity index is 1.75. The molecule has 0 amide bonds. The van der Waals surface area contributed by atoms with Crippen LogP contribution in [0, 0.1) is 0 Å². The molecule has 0 unspecified atom stereocenters. The Labute approximate surface area is 129 Å². The molecule has 2 nitrogen and oxygen atoms in total. The third kappa shape index (κ3) is 3.76. The molecule has 0 aliphatic carbocycles. The summed E-state index contributed by atoms with van der Waals surface area (Å²) < 4.78 is 5.82. The lowest BCUT2D eigenvalue weighted by molar-refractivity contribution is 0.475. The second-order valence-corrected chi connectivity index (χ2v) is 4.91. The first-order chi connectivity index (χ1) is 10.8. The molecular formula is C20H16O2. The molecule has 2 heteroatoms. The van der Waals surface area contributed by atoms with Gasteiger partial charge in [-0.25, -0.2) is 0 Å². The van der Waals surface area contributed by atoms with Gasteiger partial charge in [0.2, 0.25) is 0 Å². The van der Waals surface area contributed by atoms with Crippen LogP contribution in [0.5, 0.6) is 17.2 Å². The molecule has 3 rings (SSSR count). The molecule has 0 bridgehead atoms. The van der Waals surface area contributed by atoms with E-state index in [1.807, 2.05) is 78.9 Å². The van der Waals surface area contributed by atoms with Crippen molar-refractivity contribution in [3.8, 4) is 17.2 Å². The van der Waals surface area contributed by atoms with Gasteiger partial charge in [0.15, 0.2) is 0 Å². The Hall–Kier alpha value is -3.00. The maximum Gasteiger partial charge on any atom is 0.128 e.